The van der Waals surface area contributed by atoms with Gasteiger partial charge in [0.05, 0.1) is 6.61 Å². The third-order valence-corrected chi connectivity index (χ3v) is 5.01. The summed E-state index contributed by atoms with van der Waals surface area (Å²) in [5.74, 6) is 1.11. The Morgan fingerprint density at radius 3 is 2.44 bits per heavy atom. The monoisotopic (exact) mass is 275 g/mol. The van der Waals surface area contributed by atoms with Crippen molar-refractivity contribution in [2.24, 2.45) is 5.41 Å². The average molecular weight is 275 g/mol. The van der Waals surface area contributed by atoms with Crippen LogP contribution in [-0.4, -0.2) is 48.0 Å². The molecule has 1 heterocycles. The molecule has 1 saturated heterocycles. The quantitative estimate of drug-likeness (QED) is 0.780. The maximum Gasteiger partial charge on any atom is 0.0501 e. The highest BCUT2D eigenvalue weighted by Crippen LogP contribution is 2.29. The molecule has 0 unspecified atom stereocenters. The predicted molar refractivity (Wildman–Crippen MR) is 79.2 cm³/mol. The van der Waals surface area contributed by atoms with Crippen LogP contribution in [0, 0.1) is 5.41 Å². The summed E-state index contributed by atoms with van der Waals surface area (Å²) in [7, 11) is 0. The molecule has 0 aromatic heterocycles. The van der Waals surface area contributed by atoms with E-state index in [0.29, 0.717) is 10.8 Å². The van der Waals surface area contributed by atoms with E-state index in [0.717, 1.165) is 38.4 Å². The van der Waals surface area contributed by atoms with Crippen molar-refractivity contribution < 1.29 is 9.84 Å². The van der Waals surface area contributed by atoms with Crippen LogP contribution in [0.2, 0.25) is 0 Å². The second-order valence-electron chi connectivity index (χ2n) is 6.48. The SMILES string of the molecule is C[C@H](CSC(C)(C)C)NCC1(CO)CCOCC1. The number of nitrogens with one attached hydrogen (secondary N) is 1. The number of hydrogen-bond donors (Lipinski definition) is 2. The van der Waals surface area contributed by atoms with Gasteiger partial charge in [-0.2, -0.15) is 11.8 Å². The molecule has 2 N–H and O–H groups in total. The first-order chi connectivity index (χ1) is 8.37. The third kappa shape index (κ3) is 5.91. The second-order valence-corrected chi connectivity index (χ2v) is 8.32. The van der Waals surface area contributed by atoms with Crippen molar-refractivity contribution in [3.63, 3.8) is 0 Å². The van der Waals surface area contributed by atoms with Gasteiger partial charge in [-0.05, 0) is 19.8 Å². The predicted octanol–water partition coefficient (Wildman–Crippen LogP) is 2.29. The maximum absolute atomic E-state index is 9.61. The Hall–Kier alpha value is 0.230. The topological polar surface area (TPSA) is 41.5 Å². The third-order valence-electron chi connectivity index (χ3n) is 3.48. The van der Waals surface area contributed by atoms with Crippen molar-refractivity contribution in [2.45, 2.75) is 51.3 Å². The van der Waals surface area contributed by atoms with Crippen LogP contribution in [0.15, 0.2) is 0 Å². The summed E-state index contributed by atoms with van der Waals surface area (Å²) in [5, 5.41) is 13.2. The maximum atomic E-state index is 9.61. The largest absolute Gasteiger partial charge is 0.396 e. The van der Waals surface area contributed by atoms with Gasteiger partial charge in [0, 0.05) is 41.7 Å². The Bertz CT molecular complexity index is 234. The summed E-state index contributed by atoms with van der Waals surface area (Å²) in [6, 6.07) is 0.487. The Kier molecular flexibility index (Phi) is 6.45. The minimum Gasteiger partial charge on any atom is -0.396 e. The fourth-order valence-electron chi connectivity index (χ4n) is 2.02. The van der Waals surface area contributed by atoms with Crippen LogP contribution in [0.5, 0.6) is 0 Å². The van der Waals surface area contributed by atoms with Crippen LogP contribution in [-0.2, 0) is 4.74 Å². The molecule has 18 heavy (non-hydrogen) atoms. The van der Waals surface area contributed by atoms with Gasteiger partial charge in [-0.15, -0.1) is 0 Å². The molecule has 108 valence electrons. The normalized spacial score (nSPS) is 21.8. The molecular weight excluding hydrogens is 246 g/mol. The molecule has 1 aliphatic rings. The van der Waals surface area contributed by atoms with Gasteiger partial charge in [0.15, 0.2) is 0 Å². The summed E-state index contributed by atoms with van der Waals surface area (Å²) < 4.78 is 5.71. The first kappa shape index (κ1) is 16.3. The van der Waals surface area contributed by atoms with Crippen molar-refractivity contribution in [2.75, 3.05) is 32.1 Å². The number of hydrogen-bond acceptors (Lipinski definition) is 4. The van der Waals surface area contributed by atoms with E-state index in [1.54, 1.807) is 0 Å². The molecule has 0 aliphatic carbocycles. The van der Waals surface area contributed by atoms with Crippen LogP contribution >= 0.6 is 11.8 Å². The van der Waals surface area contributed by atoms with E-state index in [-0.39, 0.29) is 12.0 Å². The summed E-state index contributed by atoms with van der Waals surface area (Å²) in [4.78, 5) is 0. The zero-order valence-corrected chi connectivity index (χ0v) is 13.1. The molecule has 0 aromatic rings. The van der Waals surface area contributed by atoms with Crippen LogP contribution in [0.1, 0.15) is 40.5 Å². The van der Waals surface area contributed by atoms with Gasteiger partial charge >= 0.3 is 0 Å². The molecule has 0 aromatic carbocycles. The number of rotatable bonds is 6. The number of aliphatic hydroxyl groups excluding tert-OH is 1. The minimum atomic E-state index is 0.0406. The first-order valence-corrected chi connectivity index (χ1v) is 7.91. The summed E-state index contributed by atoms with van der Waals surface area (Å²) >= 11 is 1.99. The zero-order valence-electron chi connectivity index (χ0n) is 12.3. The lowest BCUT2D eigenvalue weighted by atomic mass is 9.81. The van der Waals surface area contributed by atoms with Crippen LogP contribution < -0.4 is 5.32 Å². The number of ether oxygens (including phenoxy) is 1. The molecule has 0 saturated carbocycles. The molecule has 1 aliphatic heterocycles. The van der Waals surface area contributed by atoms with Crippen LogP contribution in [0.25, 0.3) is 0 Å². The van der Waals surface area contributed by atoms with E-state index < -0.39 is 0 Å². The zero-order chi connectivity index (χ0) is 13.6. The molecular formula is C14H29NO2S. The van der Waals surface area contributed by atoms with Crippen molar-refractivity contribution in [3.8, 4) is 0 Å². The molecule has 1 rings (SSSR count). The second kappa shape index (κ2) is 7.13. The van der Waals surface area contributed by atoms with E-state index in [2.05, 4.69) is 33.0 Å². The molecule has 1 fully saturated rings. The molecule has 0 bridgehead atoms. The molecule has 1 atom stereocenters. The molecule has 3 nitrogen and oxygen atoms in total. The first-order valence-electron chi connectivity index (χ1n) is 6.93. The average Bonchev–Trinajstić information content (AvgIpc) is 2.34. The van der Waals surface area contributed by atoms with Crippen LogP contribution in [0.4, 0.5) is 0 Å². The molecule has 0 amide bonds. The summed E-state index contributed by atoms with van der Waals surface area (Å²) in [5.41, 5.74) is 0.0406. The molecule has 4 heteroatoms. The number of aliphatic hydroxyl groups is 1. The molecule has 0 spiro atoms. The summed E-state index contributed by atoms with van der Waals surface area (Å²) in [6.07, 6.45) is 1.94. The van der Waals surface area contributed by atoms with E-state index in [9.17, 15) is 5.11 Å². The Labute approximate surface area is 116 Å². The van der Waals surface area contributed by atoms with E-state index in [1.165, 1.54) is 0 Å². The van der Waals surface area contributed by atoms with Gasteiger partial charge in [-0.1, -0.05) is 20.8 Å². The smallest absolute Gasteiger partial charge is 0.0501 e. The van der Waals surface area contributed by atoms with Gasteiger partial charge in [0.2, 0.25) is 0 Å². The van der Waals surface area contributed by atoms with Crippen molar-refractivity contribution in [1.82, 2.24) is 5.32 Å². The van der Waals surface area contributed by atoms with E-state index in [4.69, 9.17) is 4.74 Å². The lowest BCUT2D eigenvalue weighted by Crippen LogP contribution is -2.45. The van der Waals surface area contributed by atoms with Gasteiger partial charge < -0.3 is 15.2 Å². The highest BCUT2D eigenvalue weighted by atomic mass is 32.2. The Morgan fingerprint density at radius 1 is 1.33 bits per heavy atom. The van der Waals surface area contributed by atoms with Crippen molar-refractivity contribution in [1.29, 1.82) is 0 Å². The van der Waals surface area contributed by atoms with Gasteiger partial charge in [0.1, 0.15) is 0 Å². The van der Waals surface area contributed by atoms with Crippen molar-refractivity contribution >= 4 is 11.8 Å². The van der Waals surface area contributed by atoms with E-state index >= 15 is 0 Å². The van der Waals surface area contributed by atoms with Crippen LogP contribution in [0.3, 0.4) is 0 Å². The Morgan fingerprint density at radius 2 is 1.94 bits per heavy atom. The fourth-order valence-corrected chi connectivity index (χ4v) is 2.89. The highest BCUT2D eigenvalue weighted by molar-refractivity contribution is 8.00. The van der Waals surface area contributed by atoms with Crippen molar-refractivity contribution in [3.05, 3.63) is 0 Å². The molecule has 0 radical (unpaired) electrons. The Balaban J connectivity index is 2.29. The number of thioether (sulfide) groups is 1. The standard InChI is InChI=1S/C14H29NO2S/c1-12(9-18-13(2,3)4)15-10-14(11-16)5-7-17-8-6-14/h12,15-16H,5-11H2,1-4H3/t12-/m1/s1. The van der Waals surface area contributed by atoms with E-state index in [1.807, 2.05) is 11.8 Å². The lowest BCUT2D eigenvalue weighted by Gasteiger charge is -2.36. The van der Waals surface area contributed by atoms with Gasteiger partial charge in [-0.25, -0.2) is 0 Å². The minimum absolute atomic E-state index is 0.0406. The summed E-state index contributed by atoms with van der Waals surface area (Å²) in [6.45, 7) is 11.7. The highest BCUT2D eigenvalue weighted by Gasteiger charge is 2.32. The lowest BCUT2D eigenvalue weighted by molar-refractivity contribution is -0.0160. The van der Waals surface area contributed by atoms with Gasteiger partial charge in [-0.3, -0.25) is 0 Å². The fraction of sp³-hybridized carbons (Fsp3) is 1.00. The van der Waals surface area contributed by atoms with Gasteiger partial charge in [0.25, 0.3) is 0 Å².